The van der Waals surface area contributed by atoms with Crippen molar-refractivity contribution in [3.05, 3.63) is 0 Å². The Balaban J connectivity index is 3.69. The van der Waals surface area contributed by atoms with Gasteiger partial charge in [-0.3, -0.25) is 24.0 Å². The molecule has 1 unspecified atom stereocenters. The minimum absolute atomic E-state index is 0.0526. The van der Waals surface area contributed by atoms with Crippen molar-refractivity contribution in [2.75, 3.05) is 33.0 Å². The zero-order valence-electron chi connectivity index (χ0n) is 31.1. The van der Waals surface area contributed by atoms with Crippen LogP contribution in [0.4, 0.5) is 0 Å². The molecular weight excluding hydrogens is 644 g/mol. The Morgan fingerprint density at radius 3 is 1.64 bits per heavy atom. The van der Waals surface area contributed by atoms with Gasteiger partial charge in [0.1, 0.15) is 24.2 Å². The number of ketones is 2. The number of carboxylic acid groups (broad SMARTS) is 2. The number of rotatable bonds is 37. The van der Waals surface area contributed by atoms with Crippen LogP contribution in [-0.4, -0.2) is 84.5 Å². The van der Waals surface area contributed by atoms with Gasteiger partial charge in [-0.1, -0.05) is 90.4 Å². The van der Waals surface area contributed by atoms with E-state index in [1.54, 1.807) is 6.92 Å². The van der Waals surface area contributed by atoms with Gasteiger partial charge in [-0.15, -0.1) is 0 Å². The van der Waals surface area contributed by atoms with Gasteiger partial charge in [-0.25, -0.2) is 4.79 Å². The lowest BCUT2D eigenvalue weighted by Gasteiger charge is -2.14. The maximum atomic E-state index is 12.3. The van der Waals surface area contributed by atoms with Gasteiger partial charge in [0.05, 0.1) is 13.2 Å². The van der Waals surface area contributed by atoms with Gasteiger partial charge in [0.15, 0.2) is 0 Å². The van der Waals surface area contributed by atoms with Gasteiger partial charge in [0, 0.05) is 44.8 Å². The summed E-state index contributed by atoms with van der Waals surface area (Å²) in [6.07, 6.45) is 19.2. The molecule has 290 valence electrons. The average Bonchev–Trinajstić information content (AvgIpc) is 3.06. The fourth-order valence-corrected chi connectivity index (χ4v) is 5.45. The molecule has 0 aromatic rings. The summed E-state index contributed by atoms with van der Waals surface area (Å²) >= 11 is 0. The van der Waals surface area contributed by atoms with Crippen LogP contribution in [-0.2, 0) is 38.2 Å². The normalized spacial score (nSPS) is 12.3. The molecule has 12 nitrogen and oxygen atoms in total. The maximum absolute atomic E-state index is 12.3. The van der Waals surface area contributed by atoms with Crippen molar-refractivity contribution in [1.82, 2.24) is 10.6 Å². The van der Waals surface area contributed by atoms with E-state index in [2.05, 4.69) is 10.6 Å². The number of hydrogen-bond donors (Lipinski definition) is 4. The monoisotopic (exact) mass is 712 g/mol. The number of amides is 2. The summed E-state index contributed by atoms with van der Waals surface area (Å²) in [4.78, 5) is 69.7. The SMILES string of the molecule is CC(=O)[C@@H](C)CCCCNC(=O)COCCOCCCC(=O)CCC(NC(=O)CCCCCCCCCCCCCCCCC(=O)O)C(=O)O. The molecule has 0 saturated heterocycles. The highest BCUT2D eigenvalue weighted by Gasteiger charge is 2.20. The third-order valence-corrected chi connectivity index (χ3v) is 8.82. The Hall–Kier alpha value is -2.86. The predicted octanol–water partition coefficient (Wildman–Crippen LogP) is 6.56. The number of carbonyl (C=O) groups excluding carboxylic acids is 4. The van der Waals surface area contributed by atoms with Gasteiger partial charge < -0.3 is 30.3 Å². The molecule has 2 amide bonds. The highest BCUT2D eigenvalue weighted by atomic mass is 16.5. The first-order chi connectivity index (χ1) is 24.0. The van der Waals surface area contributed by atoms with Crippen molar-refractivity contribution in [1.29, 1.82) is 0 Å². The first kappa shape index (κ1) is 47.1. The van der Waals surface area contributed by atoms with E-state index in [4.69, 9.17) is 14.6 Å². The molecule has 0 aliphatic carbocycles. The summed E-state index contributed by atoms with van der Waals surface area (Å²) in [6, 6.07) is -1.08. The number of hydrogen-bond acceptors (Lipinski definition) is 8. The van der Waals surface area contributed by atoms with Crippen molar-refractivity contribution < 1.29 is 48.5 Å². The molecule has 50 heavy (non-hydrogen) atoms. The summed E-state index contributed by atoms with van der Waals surface area (Å²) < 4.78 is 10.7. The Morgan fingerprint density at radius 2 is 1.10 bits per heavy atom. The van der Waals surface area contributed by atoms with Crippen molar-refractivity contribution in [2.24, 2.45) is 5.92 Å². The van der Waals surface area contributed by atoms with Gasteiger partial charge in [0.25, 0.3) is 0 Å². The van der Waals surface area contributed by atoms with Crippen molar-refractivity contribution >= 4 is 35.3 Å². The molecule has 0 fully saturated rings. The number of carboxylic acids is 2. The van der Waals surface area contributed by atoms with Gasteiger partial charge >= 0.3 is 11.9 Å². The van der Waals surface area contributed by atoms with Crippen LogP contribution in [0.5, 0.6) is 0 Å². The standard InChI is InChI=1S/C38H68N2O10/c1-31(32(2)41)20-17-18-26-39-36(44)30-50-29-28-49-27-19-21-33(42)24-25-34(38(47)48)40-35(43)22-15-13-11-9-7-5-3-4-6-8-10-12-14-16-23-37(45)46/h31,34H,3-30H2,1-2H3,(H,39,44)(H,40,43)(H,45,46)(H,47,48)/t31-,34?/m0/s1. The molecule has 0 spiro atoms. The molecule has 0 rings (SSSR count). The topological polar surface area (TPSA) is 185 Å². The Bertz CT molecular complexity index is 943. The second-order valence-corrected chi connectivity index (χ2v) is 13.5. The smallest absolute Gasteiger partial charge is 0.326 e. The first-order valence-corrected chi connectivity index (χ1v) is 19.2. The molecule has 0 saturated carbocycles. The minimum atomic E-state index is -1.14. The van der Waals surface area contributed by atoms with Crippen LogP contribution in [0.3, 0.4) is 0 Å². The van der Waals surface area contributed by atoms with Gasteiger partial charge in [-0.2, -0.15) is 0 Å². The van der Waals surface area contributed by atoms with Crippen LogP contribution >= 0.6 is 0 Å². The Labute approximate surface area is 300 Å². The average molecular weight is 713 g/mol. The van der Waals surface area contributed by atoms with E-state index in [9.17, 15) is 33.9 Å². The third-order valence-electron chi connectivity index (χ3n) is 8.82. The summed E-state index contributed by atoms with van der Waals surface area (Å²) in [6.45, 7) is 4.87. The van der Waals surface area contributed by atoms with E-state index in [-0.39, 0.29) is 74.6 Å². The first-order valence-electron chi connectivity index (χ1n) is 19.2. The van der Waals surface area contributed by atoms with Crippen molar-refractivity contribution in [3.63, 3.8) is 0 Å². The van der Waals surface area contributed by atoms with Crippen LogP contribution in [0, 0.1) is 5.92 Å². The number of aliphatic carboxylic acids is 2. The Kier molecular flexibility index (Phi) is 31.4. The molecule has 0 radical (unpaired) electrons. The number of ether oxygens (including phenoxy) is 2. The van der Waals surface area contributed by atoms with Crippen molar-refractivity contribution in [3.8, 4) is 0 Å². The third kappa shape index (κ3) is 32.4. The lowest BCUT2D eigenvalue weighted by atomic mass is 10.0. The number of carbonyl (C=O) groups is 6. The number of unbranched alkanes of at least 4 members (excludes halogenated alkanes) is 14. The molecular formula is C38H68N2O10. The van der Waals surface area contributed by atoms with E-state index in [1.165, 1.54) is 44.9 Å². The van der Waals surface area contributed by atoms with Crippen LogP contribution in [0.1, 0.15) is 162 Å². The lowest BCUT2D eigenvalue weighted by molar-refractivity contribution is -0.142. The summed E-state index contributed by atoms with van der Waals surface area (Å²) in [5.41, 5.74) is 0. The minimum Gasteiger partial charge on any atom is -0.481 e. The molecule has 0 aromatic carbocycles. The Morgan fingerprint density at radius 1 is 0.560 bits per heavy atom. The molecule has 0 heterocycles. The van der Waals surface area contributed by atoms with Crippen LogP contribution in [0.2, 0.25) is 0 Å². The zero-order chi connectivity index (χ0) is 37.2. The molecule has 0 aromatic heterocycles. The highest BCUT2D eigenvalue weighted by molar-refractivity contribution is 5.84. The predicted molar refractivity (Wildman–Crippen MR) is 193 cm³/mol. The maximum Gasteiger partial charge on any atom is 0.326 e. The van der Waals surface area contributed by atoms with E-state index < -0.39 is 18.0 Å². The van der Waals surface area contributed by atoms with Gasteiger partial charge in [-0.05, 0) is 45.4 Å². The fraction of sp³-hybridized carbons (Fsp3) is 0.842. The summed E-state index contributed by atoms with van der Waals surface area (Å²) in [7, 11) is 0. The second-order valence-electron chi connectivity index (χ2n) is 13.5. The molecule has 0 aliphatic rings. The molecule has 0 bridgehead atoms. The van der Waals surface area contributed by atoms with Crippen LogP contribution < -0.4 is 10.6 Å². The van der Waals surface area contributed by atoms with Crippen molar-refractivity contribution in [2.45, 2.75) is 168 Å². The second kappa shape index (κ2) is 33.3. The quantitative estimate of drug-likeness (QED) is 0.0515. The number of nitrogens with one attached hydrogen (secondary N) is 2. The van der Waals surface area contributed by atoms with Gasteiger partial charge in [0.2, 0.25) is 11.8 Å². The van der Waals surface area contributed by atoms with E-state index in [1.807, 2.05) is 6.92 Å². The molecule has 12 heteroatoms. The van der Waals surface area contributed by atoms with E-state index >= 15 is 0 Å². The van der Waals surface area contributed by atoms with E-state index in [0.717, 1.165) is 57.8 Å². The largest absolute Gasteiger partial charge is 0.481 e. The number of Topliss-reactive ketones (excluding diaryl/α,β-unsaturated/α-hetero) is 2. The fourth-order valence-electron chi connectivity index (χ4n) is 5.45. The molecule has 0 aliphatic heterocycles. The van der Waals surface area contributed by atoms with E-state index in [0.29, 0.717) is 32.6 Å². The summed E-state index contributed by atoms with van der Waals surface area (Å²) in [5.74, 6) is -2.19. The lowest BCUT2D eigenvalue weighted by Crippen LogP contribution is -2.41. The summed E-state index contributed by atoms with van der Waals surface area (Å²) in [5, 5.41) is 23.5. The van der Waals surface area contributed by atoms with Crippen LogP contribution in [0.15, 0.2) is 0 Å². The molecule has 2 atom stereocenters. The van der Waals surface area contributed by atoms with Crippen LogP contribution in [0.25, 0.3) is 0 Å². The highest BCUT2D eigenvalue weighted by Crippen LogP contribution is 2.14. The zero-order valence-corrected chi connectivity index (χ0v) is 31.1. The molecule has 4 N–H and O–H groups in total.